The molecule has 3 aromatic rings. The second kappa shape index (κ2) is 8.43. The van der Waals surface area contributed by atoms with Crippen LogP contribution in [0.5, 0.6) is 0 Å². The number of hydrogen-bond donors (Lipinski definition) is 0. The Morgan fingerprint density at radius 2 is 1.53 bits per heavy atom. The highest BCUT2D eigenvalue weighted by atomic mass is 19.1. The fraction of sp³-hybridized carbons (Fsp3) is 0.0833. The highest BCUT2D eigenvalue weighted by Crippen LogP contribution is 2.37. The van der Waals surface area contributed by atoms with Gasteiger partial charge in [0.1, 0.15) is 11.5 Å². The summed E-state index contributed by atoms with van der Waals surface area (Å²) in [6.07, 6.45) is 0. The Morgan fingerprint density at radius 1 is 0.906 bits per heavy atom. The third kappa shape index (κ3) is 3.62. The van der Waals surface area contributed by atoms with Crippen LogP contribution in [-0.2, 0) is 9.59 Å². The highest BCUT2D eigenvalue weighted by molar-refractivity contribution is 6.46. The van der Waals surface area contributed by atoms with Crippen molar-refractivity contribution in [3.63, 3.8) is 0 Å². The molecule has 1 aliphatic rings. The van der Waals surface area contributed by atoms with Crippen molar-refractivity contribution < 1.29 is 18.9 Å². The minimum atomic E-state index is -0.583. The predicted molar refractivity (Wildman–Crippen MR) is 118 cm³/mol. The summed E-state index contributed by atoms with van der Waals surface area (Å²) >= 11 is 0. The zero-order chi connectivity index (χ0) is 22.8. The number of nitro groups is 1. The Balaban J connectivity index is 1.89. The first-order chi connectivity index (χ1) is 15.4. The van der Waals surface area contributed by atoms with Gasteiger partial charge in [-0.25, -0.2) is 9.29 Å². The number of carbonyl (C=O) groups is 2. The third-order valence-corrected chi connectivity index (χ3v) is 5.17. The molecule has 0 unspecified atom stereocenters. The number of carbonyl (C=O) groups excluding carboxylic acids is 2. The van der Waals surface area contributed by atoms with E-state index < -0.39 is 22.6 Å². The zero-order valence-corrected chi connectivity index (χ0v) is 17.1. The first-order valence-electron chi connectivity index (χ1n) is 9.88. The topological polar surface area (TPSA) is 83.8 Å². The van der Waals surface area contributed by atoms with Gasteiger partial charge >= 0.3 is 0 Å². The molecule has 0 saturated carbocycles. The number of nitro benzene ring substituents is 1. The summed E-state index contributed by atoms with van der Waals surface area (Å²) in [6, 6.07) is 19.7. The molecule has 0 fully saturated rings. The molecule has 0 saturated heterocycles. The van der Waals surface area contributed by atoms with Crippen LogP contribution in [0.4, 0.5) is 21.5 Å². The molecule has 7 nitrogen and oxygen atoms in total. The molecule has 1 heterocycles. The molecule has 0 aliphatic carbocycles. The number of anilines is 2. The molecule has 0 N–H and O–H groups in total. The van der Waals surface area contributed by atoms with Crippen molar-refractivity contribution >= 4 is 34.4 Å². The van der Waals surface area contributed by atoms with Crippen molar-refractivity contribution in [3.05, 3.63) is 106 Å². The van der Waals surface area contributed by atoms with Gasteiger partial charge in [0.25, 0.3) is 17.5 Å². The van der Waals surface area contributed by atoms with Crippen LogP contribution in [0.1, 0.15) is 12.5 Å². The average molecular weight is 431 g/mol. The normalized spacial score (nSPS) is 13.6. The number of rotatable bonds is 6. The van der Waals surface area contributed by atoms with Gasteiger partial charge in [-0.1, -0.05) is 18.2 Å². The average Bonchev–Trinajstić information content (AvgIpc) is 3.06. The lowest BCUT2D eigenvalue weighted by atomic mass is 10.0. The van der Waals surface area contributed by atoms with E-state index in [-0.39, 0.29) is 22.6 Å². The molecule has 0 spiro atoms. The standard InChI is InChI=1S/C24H18FN3O4/c1-2-26(18-6-4-3-5-7-18)22-21(16-8-12-20(13-9-16)28(31)32)23(29)27(24(22)30)19-14-10-17(25)11-15-19/h3-15H,2H2,1H3. The Bertz CT molecular complexity index is 1220. The quantitative estimate of drug-likeness (QED) is 0.325. The molecule has 0 aromatic heterocycles. The molecule has 2 amide bonds. The van der Waals surface area contributed by atoms with E-state index in [2.05, 4.69) is 0 Å². The van der Waals surface area contributed by atoms with E-state index in [4.69, 9.17) is 0 Å². The summed E-state index contributed by atoms with van der Waals surface area (Å²) in [5.74, 6) is -1.63. The lowest BCUT2D eigenvalue weighted by molar-refractivity contribution is -0.384. The summed E-state index contributed by atoms with van der Waals surface area (Å²) in [5.41, 5.74) is 1.48. The van der Waals surface area contributed by atoms with Crippen LogP contribution in [-0.4, -0.2) is 23.3 Å². The number of para-hydroxylation sites is 1. The van der Waals surface area contributed by atoms with E-state index >= 15 is 0 Å². The number of likely N-dealkylation sites (N-methyl/N-ethyl adjacent to an activating group) is 1. The molecule has 0 bridgehead atoms. The van der Waals surface area contributed by atoms with Crippen LogP contribution in [0.2, 0.25) is 0 Å². The molecule has 4 rings (SSSR count). The number of imide groups is 1. The number of halogens is 1. The molecule has 0 radical (unpaired) electrons. The number of nitrogens with zero attached hydrogens (tertiary/aromatic N) is 3. The molecule has 1 aliphatic heterocycles. The van der Waals surface area contributed by atoms with Crippen LogP contribution in [0.15, 0.2) is 84.6 Å². The molecule has 32 heavy (non-hydrogen) atoms. The van der Waals surface area contributed by atoms with Gasteiger partial charge in [0.2, 0.25) is 0 Å². The maximum absolute atomic E-state index is 13.5. The second-order valence-corrected chi connectivity index (χ2v) is 7.03. The van der Waals surface area contributed by atoms with Crippen LogP contribution in [0, 0.1) is 15.9 Å². The van der Waals surface area contributed by atoms with Gasteiger partial charge in [-0.2, -0.15) is 0 Å². The third-order valence-electron chi connectivity index (χ3n) is 5.17. The summed E-state index contributed by atoms with van der Waals surface area (Å²) in [5, 5.41) is 11.0. The summed E-state index contributed by atoms with van der Waals surface area (Å²) < 4.78 is 13.4. The largest absolute Gasteiger partial charge is 0.337 e. The van der Waals surface area contributed by atoms with E-state index in [1.807, 2.05) is 37.3 Å². The van der Waals surface area contributed by atoms with E-state index in [0.29, 0.717) is 17.8 Å². The number of amides is 2. The van der Waals surface area contributed by atoms with Crippen molar-refractivity contribution in [2.24, 2.45) is 0 Å². The molecule has 8 heteroatoms. The maximum atomic E-state index is 13.5. The van der Waals surface area contributed by atoms with Crippen LogP contribution in [0.3, 0.4) is 0 Å². The molecule has 3 aromatic carbocycles. The Kier molecular flexibility index (Phi) is 5.51. The second-order valence-electron chi connectivity index (χ2n) is 7.03. The van der Waals surface area contributed by atoms with E-state index in [9.17, 15) is 24.1 Å². The zero-order valence-electron chi connectivity index (χ0n) is 17.1. The lowest BCUT2D eigenvalue weighted by Crippen LogP contribution is -2.35. The van der Waals surface area contributed by atoms with Crippen molar-refractivity contribution in [1.29, 1.82) is 0 Å². The van der Waals surface area contributed by atoms with Gasteiger partial charge in [0.15, 0.2) is 0 Å². The molecular weight excluding hydrogens is 413 g/mol. The fourth-order valence-electron chi connectivity index (χ4n) is 3.68. The maximum Gasteiger partial charge on any atom is 0.282 e. The van der Waals surface area contributed by atoms with Gasteiger partial charge in [-0.15, -0.1) is 0 Å². The van der Waals surface area contributed by atoms with Crippen molar-refractivity contribution in [2.45, 2.75) is 6.92 Å². The SMILES string of the molecule is CCN(C1=C(c2ccc([N+](=O)[O-])cc2)C(=O)N(c2ccc(F)cc2)C1=O)c1ccccc1. The Labute approximate surface area is 183 Å². The minimum absolute atomic E-state index is 0.125. The monoisotopic (exact) mass is 431 g/mol. The van der Waals surface area contributed by atoms with Crippen LogP contribution in [0.25, 0.3) is 5.57 Å². The summed E-state index contributed by atoms with van der Waals surface area (Å²) in [6.45, 7) is 2.25. The first-order valence-corrected chi connectivity index (χ1v) is 9.88. The number of benzene rings is 3. The van der Waals surface area contributed by atoms with Crippen LogP contribution < -0.4 is 9.80 Å². The van der Waals surface area contributed by atoms with Crippen molar-refractivity contribution in [3.8, 4) is 0 Å². The first kappa shape index (κ1) is 20.9. The van der Waals surface area contributed by atoms with E-state index in [0.717, 1.165) is 4.90 Å². The molecule has 0 atom stereocenters. The molecule has 160 valence electrons. The predicted octanol–water partition coefficient (Wildman–Crippen LogP) is 4.54. The molecular formula is C24H18FN3O4. The summed E-state index contributed by atoms with van der Waals surface area (Å²) in [7, 11) is 0. The number of non-ortho nitro benzene ring substituents is 1. The van der Waals surface area contributed by atoms with Gasteiger partial charge < -0.3 is 4.90 Å². The Hall–Kier alpha value is -4.33. The van der Waals surface area contributed by atoms with Gasteiger partial charge in [-0.05, 0) is 61.0 Å². The Morgan fingerprint density at radius 3 is 2.09 bits per heavy atom. The lowest BCUT2D eigenvalue weighted by Gasteiger charge is -2.25. The van der Waals surface area contributed by atoms with Gasteiger partial charge in [0, 0.05) is 24.4 Å². The summed E-state index contributed by atoms with van der Waals surface area (Å²) in [4.78, 5) is 40.2. The number of hydrogen-bond acceptors (Lipinski definition) is 5. The van der Waals surface area contributed by atoms with Gasteiger partial charge in [-0.3, -0.25) is 19.7 Å². The van der Waals surface area contributed by atoms with E-state index in [1.165, 1.54) is 48.5 Å². The minimum Gasteiger partial charge on any atom is -0.337 e. The smallest absolute Gasteiger partial charge is 0.282 e. The van der Waals surface area contributed by atoms with Crippen molar-refractivity contribution in [1.82, 2.24) is 0 Å². The van der Waals surface area contributed by atoms with Crippen LogP contribution >= 0.6 is 0 Å². The highest BCUT2D eigenvalue weighted by Gasteiger charge is 2.42. The van der Waals surface area contributed by atoms with Gasteiger partial charge in [0.05, 0.1) is 16.2 Å². The fourth-order valence-corrected chi connectivity index (χ4v) is 3.68. The van der Waals surface area contributed by atoms with E-state index in [1.54, 1.807) is 4.90 Å². The van der Waals surface area contributed by atoms with Crippen molar-refractivity contribution in [2.75, 3.05) is 16.3 Å².